The molecule has 1 fully saturated rings. The van der Waals surface area contributed by atoms with Crippen molar-refractivity contribution in [2.45, 2.75) is 31.8 Å². The molecule has 126 valence electrons. The molecule has 3 rings (SSSR count). The van der Waals surface area contributed by atoms with E-state index in [2.05, 4.69) is 14.5 Å². The number of aliphatic hydroxyl groups is 1. The fourth-order valence-corrected chi connectivity index (χ4v) is 2.99. The number of imidazole rings is 1. The molecule has 0 amide bonds. The van der Waals surface area contributed by atoms with Crippen molar-refractivity contribution in [3.8, 4) is 0 Å². The number of aryl methyl sites for hydroxylation is 1. The lowest BCUT2D eigenvalue weighted by atomic mass is 10.2. The van der Waals surface area contributed by atoms with Crippen molar-refractivity contribution in [1.82, 2.24) is 14.5 Å². The standard InChI is InChI=1S/C12H17N4O6P/c1-6-3-14-12(13)10-11(6)16(5-15-10)9-2-7(17)8(22-9)4-21-23(18,19)20/h3,5,7-9,17H,2,4H2,1H3,(H2,13,14)(H2,18,19,20)/t7-,8+,9+/m0/s1. The molecule has 1 saturated heterocycles. The van der Waals surface area contributed by atoms with Gasteiger partial charge in [-0.1, -0.05) is 0 Å². The van der Waals surface area contributed by atoms with E-state index in [1.54, 1.807) is 17.1 Å². The monoisotopic (exact) mass is 344 g/mol. The first-order valence-corrected chi connectivity index (χ1v) is 8.40. The van der Waals surface area contributed by atoms with Crippen LogP contribution in [0.5, 0.6) is 0 Å². The largest absolute Gasteiger partial charge is 0.469 e. The molecule has 10 nitrogen and oxygen atoms in total. The van der Waals surface area contributed by atoms with Crippen LogP contribution in [0, 0.1) is 6.92 Å². The van der Waals surface area contributed by atoms with Gasteiger partial charge in [0, 0.05) is 12.6 Å². The van der Waals surface area contributed by atoms with E-state index < -0.39 is 32.9 Å². The van der Waals surface area contributed by atoms with Gasteiger partial charge in [0.15, 0.2) is 5.82 Å². The Kier molecular flexibility index (Phi) is 4.13. The van der Waals surface area contributed by atoms with E-state index in [4.69, 9.17) is 20.3 Å². The smallest absolute Gasteiger partial charge is 0.390 e. The van der Waals surface area contributed by atoms with Crippen LogP contribution in [0.15, 0.2) is 12.5 Å². The Morgan fingerprint density at radius 1 is 1.52 bits per heavy atom. The second-order valence-electron chi connectivity index (χ2n) is 5.39. The Morgan fingerprint density at radius 2 is 2.26 bits per heavy atom. The minimum Gasteiger partial charge on any atom is -0.390 e. The van der Waals surface area contributed by atoms with Crippen LogP contribution in [-0.2, 0) is 13.8 Å². The van der Waals surface area contributed by atoms with Crippen LogP contribution >= 0.6 is 7.82 Å². The van der Waals surface area contributed by atoms with Gasteiger partial charge in [-0.2, -0.15) is 0 Å². The average Bonchev–Trinajstić information content (AvgIpc) is 3.04. The maximum Gasteiger partial charge on any atom is 0.469 e. The molecule has 0 aliphatic carbocycles. The minimum absolute atomic E-state index is 0.238. The summed E-state index contributed by atoms with van der Waals surface area (Å²) in [5.74, 6) is 0.296. The second-order valence-corrected chi connectivity index (χ2v) is 6.63. The zero-order chi connectivity index (χ0) is 16.8. The van der Waals surface area contributed by atoms with Crippen LogP contribution in [-0.4, -0.2) is 48.2 Å². The van der Waals surface area contributed by atoms with Gasteiger partial charge >= 0.3 is 7.82 Å². The number of nitrogens with zero attached hydrogens (tertiary/aromatic N) is 3. The Labute approximate surface area is 131 Å². The summed E-state index contributed by atoms with van der Waals surface area (Å²) < 4.78 is 22.6. The third kappa shape index (κ3) is 3.23. The van der Waals surface area contributed by atoms with E-state index in [-0.39, 0.29) is 6.42 Å². The van der Waals surface area contributed by atoms with Gasteiger partial charge in [0.2, 0.25) is 0 Å². The maximum absolute atomic E-state index is 10.8. The first kappa shape index (κ1) is 16.3. The van der Waals surface area contributed by atoms with Crippen LogP contribution in [0.4, 0.5) is 5.82 Å². The number of pyridine rings is 1. The fraction of sp³-hybridized carbons (Fsp3) is 0.500. The highest BCUT2D eigenvalue weighted by Gasteiger charge is 2.37. The minimum atomic E-state index is -4.61. The number of phosphoric ester groups is 1. The van der Waals surface area contributed by atoms with Crippen molar-refractivity contribution in [2.24, 2.45) is 0 Å². The molecule has 23 heavy (non-hydrogen) atoms. The number of ether oxygens (including phenoxy) is 1. The summed E-state index contributed by atoms with van der Waals surface area (Å²) in [6, 6.07) is 0. The van der Waals surface area contributed by atoms with E-state index in [1.165, 1.54) is 0 Å². The number of hydrogen-bond acceptors (Lipinski definition) is 7. The highest BCUT2D eigenvalue weighted by molar-refractivity contribution is 7.46. The van der Waals surface area contributed by atoms with Crippen LogP contribution in [0.1, 0.15) is 18.2 Å². The van der Waals surface area contributed by atoms with Crippen molar-refractivity contribution in [1.29, 1.82) is 0 Å². The van der Waals surface area contributed by atoms with Crippen LogP contribution in [0.25, 0.3) is 11.0 Å². The van der Waals surface area contributed by atoms with Crippen molar-refractivity contribution in [3.63, 3.8) is 0 Å². The molecule has 2 aromatic rings. The van der Waals surface area contributed by atoms with Crippen molar-refractivity contribution >= 4 is 24.7 Å². The van der Waals surface area contributed by atoms with Gasteiger partial charge in [0.25, 0.3) is 0 Å². The average molecular weight is 344 g/mol. The number of nitrogen functional groups attached to an aromatic ring is 1. The number of phosphoric acid groups is 1. The van der Waals surface area contributed by atoms with Gasteiger partial charge in [-0.3, -0.25) is 4.52 Å². The predicted octanol–water partition coefficient (Wildman–Crippen LogP) is 0.0796. The molecule has 0 bridgehead atoms. The molecule has 3 atom stereocenters. The van der Waals surface area contributed by atoms with E-state index in [1.807, 2.05) is 6.92 Å². The van der Waals surface area contributed by atoms with Crippen molar-refractivity contribution in [3.05, 3.63) is 18.1 Å². The summed E-state index contributed by atoms with van der Waals surface area (Å²) in [6.07, 6.45) is 1.10. The van der Waals surface area contributed by atoms with E-state index in [0.29, 0.717) is 11.3 Å². The Balaban J connectivity index is 1.84. The van der Waals surface area contributed by atoms with Gasteiger partial charge in [0.05, 0.1) is 24.6 Å². The Morgan fingerprint density at radius 3 is 2.96 bits per heavy atom. The van der Waals surface area contributed by atoms with Crippen LogP contribution in [0.3, 0.4) is 0 Å². The zero-order valence-electron chi connectivity index (χ0n) is 12.2. The molecule has 11 heteroatoms. The molecule has 0 saturated carbocycles. The number of fused-ring (bicyclic) bond motifs is 1. The lowest BCUT2D eigenvalue weighted by Gasteiger charge is -2.16. The topological polar surface area (TPSA) is 153 Å². The molecule has 0 radical (unpaired) electrons. The zero-order valence-corrected chi connectivity index (χ0v) is 13.1. The summed E-state index contributed by atoms with van der Waals surface area (Å²) in [7, 11) is -4.61. The van der Waals surface area contributed by atoms with Crippen LogP contribution in [0.2, 0.25) is 0 Å². The third-order valence-electron chi connectivity index (χ3n) is 3.73. The molecule has 3 heterocycles. The van der Waals surface area contributed by atoms with Gasteiger partial charge in [-0.25, -0.2) is 14.5 Å². The third-order valence-corrected chi connectivity index (χ3v) is 4.21. The summed E-state index contributed by atoms with van der Waals surface area (Å²) in [6.45, 7) is 1.45. The predicted molar refractivity (Wildman–Crippen MR) is 79.2 cm³/mol. The van der Waals surface area contributed by atoms with E-state index in [9.17, 15) is 9.67 Å². The second kappa shape index (κ2) is 5.82. The molecule has 5 N–H and O–H groups in total. The molecular formula is C12H17N4O6P. The number of aliphatic hydroxyl groups excluding tert-OH is 1. The Hall–Kier alpha value is -1.55. The van der Waals surface area contributed by atoms with Gasteiger partial charge in [-0.05, 0) is 12.5 Å². The van der Waals surface area contributed by atoms with Crippen molar-refractivity contribution < 1.29 is 28.7 Å². The number of hydrogen-bond donors (Lipinski definition) is 4. The molecule has 1 aliphatic rings. The number of anilines is 1. The number of aromatic nitrogens is 3. The highest BCUT2D eigenvalue weighted by Crippen LogP contribution is 2.39. The van der Waals surface area contributed by atoms with Gasteiger partial charge in [-0.15, -0.1) is 0 Å². The van der Waals surface area contributed by atoms with Crippen molar-refractivity contribution in [2.75, 3.05) is 12.3 Å². The quantitative estimate of drug-likeness (QED) is 0.565. The number of rotatable bonds is 4. The molecular weight excluding hydrogens is 327 g/mol. The van der Waals surface area contributed by atoms with Gasteiger partial charge in [0.1, 0.15) is 17.8 Å². The normalized spacial score (nSPS) is 25.3. The Bertz CT molecular complexity index is 774. The van der Waals surface area contributed by atoms with Crippen LogP contribution < -0.4 is 5.73 Å². The molecule has 0 aromatic carbocycles. The van der Waals surface area contributed by atoms with Gasteiger partial charge < -0.3 is 29.9 Å². The lowest BCUT2D eigenvalue weighted by Crippen LogP contribution is -2.25. The first-order valence-electron chi connectivity index (χ1n) is 6.87. The number of nitrogens with two attached hydrogens (primary N) is 1. The molecule has 0 spiro atoms. The fourth-order valence-electron chi connectivity index (χ4n) is 2.65. The summed E-state index contributed by atoms with van der Waals surface area (Å²) in [5, 5.41) is 10.0. The van der Waals surface area contributed by atoms with E-state index >= 15 is 0 Å². The van der Waals surface area contributed by atoms with E-state index in [0.717, 1.165) is 11.1 Å². The maximum atomic E-state index is 10.8. The summed E-state index contributed by atoms with van der Waals surface area (Å²) in [4.78, 5) is 25.7. The summed E-state index contributed by atoms with van der Waals surface area (Å²) in [5.41, 5.74) is 7.93. The summed E-state index contributed by atoms with van der Waals surface area (Å²) >= 11 is 0. The first-order chi connectivity index (χ1) is 10.8. The molecule has 1 aliphatic heterocycles. The molecule has 2 aromatic heterocycles. The highest BCUT2D eigenvalue weighted by atomic mass is 31.2. The SMILES string of the molecule is Cc1cnc(N)c2ncn([C@H]3C[C@H](O)[C@@H](COP(=O)(O)O)O3)c12. The molecule has 0 unspecified atom stereocenters. The lowest BCUT2D eigenvalue weighted by molar-refractivity contribution is -0.0422.